The van der Waals surface area contributed by atoms with Crippen LogP contribution >= 0.6 is 0 Å². The van der Waals surface area contributed by atoms with Gasteiger partial charge >= 0.3 is 0 Å². The molecule has 2 atom stereocenters. The molecule has 1 fully saturated rings. The van der Waals surface area contributed by atoms with E-state index in [-0.39, 0.29) is 5.56 Å². The third-order valence-electron chi connectivity index (χ3n) is 4.65. The van der Waals surface area contributed by atoms with Crippen LogP contribution in [0.3, 0.4) is 0 Å². The minimum Gasteiger partial charge on any atom is -0.294 e. The van der Waals surface area contributed by atoms with Crippen molar-refractivity contribution in [3.63, 3.8) is 0 Å². The fourth-order valence-corrected chi connectivity index (χ4v) is 3.27. The van der Waals surface area contributed by atoms with E-state index >= 15 is 0 Å². The van der Waals surface area contributed by atoms with Crippen LogP contribution in [-0.4, -0.2) is 14.8 Å². The first kappa shape index (κ1) is 14.1. The number of H-pyrrole nitrogens is 1. The van der Waals surface area contributed by atoms with Gasteiger partial charge in [0.15, 0.2) is 0 Å². The van der Waals surface area contributed by atoms with E-state index in [2.05, 4.69) is 23.9 Å². The Morgan fingerprint density at radius 2 is 2.19 bits per heavy atom. The van der Waals surface area contributed by atoms with Crippen molar-refractivity contribution in [2.75, 3.05) is 0 Å². The van der Waals surface area contributed by atoms with Crippen LogP contribution in [0.15, 0.2) is 23.1 Å². The Hall–Kier alpha value is -1.84. The third-order valence-corrected chi connectivity index (χ3v) is 4.65. The summed E-state index contributed by atoms with van der Waals surface area (Å²) in [5.74, 6) is 0.708. The van der Waals surface area contributed by atoms with Crippen LogP contribution in [0.2, 0.25) is 0 Å². The summed E-state index contributed by atoms with van der Waals surface area (Å²) in [5, 5.41) is 3.33. The monoisotopic (exact) mass is 285 g/mol. The lowest BCUT2D eigenvalue weighted by molar-refractivity contribution is 0.439. The molecule has 4 nitrogen and oxygen atoms in total. The van der Waals surface area contributed by atoms with Gasteiger partial charge in [0.25, 0.3) is 5.56 Å². The topological polar surface area (TPSA) is 50.7 Å². The fourth-order valence-electron chi connectivity index (χ4n) is 3.27. The van der Waals surface area contributed by atoms with Crippen LogP contribution in [0.1, 0.15) is 50.4 Å². The quantitative estimate of drug-likeness (QED) is 0.938. The smallest absolute Gasteiger partial charge is 0.270 e. The van der Waals surface area contributed by atoms with E-state index in [0.717, 1.165) is 41.8 Å². The number of pyridine rings is 1. The second-order valence-corrected chi connectivity index (χ2v) is 6.25. The predicted molar refractivity (Wildman–Crippen MR) is 84.5 cm³/mol. The van der Waals surface area contributed by atoms with Gasteiger partial charge in [-0.15, -0.1) is 0 Å². The first-order chi connectivity index (χ1) is 10.1. The molecule has 0 amide bonds. The fraction of sp³-hybridized carbons (Fsp3) is 0.529. The zero-order valence-corrected chi connectivity index (χ0v) is 13.0. The van der Waals surface area contributed by atoms with Gasteiger partial charge in [-0.2, -0.15) is 0 Å². The van der Waals surface area contributed by atoms with E-state index in [1.807, 2.05) is 29.9 Å². The molecule has 1 saturated carbocycles. The molecule has 0 saturated heterocycles. The van der Waals surface area contributed by atoms with Crippen LogP contribution in [0, 0.1) is 12.8 Å². The lowest BCUT2D eigenvalue weighted by Gasteiger charge is -2.10. The molecular formula is C17H23N3O. The van der Waals surface area contributed by atoms with Crippen molar-refractivity contribution in [3.05, 3.63) is 39.9 Å². The lowest BCUT2D eigenvalue weighted by Crippen LogP contribution is -2.21. The molecular weight excluding hydrogens is 262 g/mol. The van der Waals surface area contributed by atoms with Crippen molar-refractivity contribution in [1.29, 1.82) is 0 Å². The molecule has 0 unspecified atom stereocenters. The molecule has 0 bridgehead atoms. The maximum Gasteiger partial charge on any atom is 0.270 e. The molecule has 1 aliphatic rings. The molecule has 4 heteroatoms. The molecule has 2 aromatic heterocycles. The van der Waals surface area contributed by atoms with Crippen molar-refractivity contribution in [2.45, 2.75) is 52.5 Å². The highest BCUT2D eigenvalue weighted by Crippen LogP contribution is 2.33. The average molecular weight is 285 g/mol. The molecule has 3 rings (SSSR count). The molecule has 112 valence electrons. The summed E-state index contributed by atoms with van der Waals surface area (Å²) < 4.78 is 1.84. The van der Waals surface area contributed by atoms with E-state index < -0.39 is 0 Å². The third kappa shape index (κ3) is 2.55. The molecule has 2 heterocycles. The molecule has 1 aliphatic carbocycles. The second-order valence-electron chi connectivity index (χ2n) is 6.25. The summed E-state index contributed by atoms with van der Waals surface area (Å²) >= 11 is 0. The zero-order valence-electron chi connectivity index (χ0n) is 13.0. The highest BCUT2D eigenvalue weighted by atomic mass is 16.1. The standard InChI is InChI=1S/C17H23N3O/c1-4-14-7-6-13(10-18-14)16-12(3)17(21)20(19-16)15-8-5-11(2)9-15/h6-7,10-11,15,19H,4-5,8-9H2,1-3H3/t11-,15-/m0/s1. The van der Waals surface area contributed by atoms with Gasteiger partial charge in [-0.1, -0.05) is 13.8 Å². The summed E-state index contributed by atoms with van der Waals surface area (Å²) in [6.45, 7) is 6.25. The minimum absolute atomic E-state index is 0.115. The number of nitrogens with one attached hydrogen (secondary N) is 1. The second kappa shape index (κ2) is 5.51. The first-order valence-electron chi connectivity index (χ1n) is 7.86. The van der Waals surface area contributed by atoms with Gasteiger partial charge in [0.05, 0.1) is 11.7 Å². The Balaban J connectivity index is 1.98. The Morgan fingerprint density at radius 1 is 1.38 bits per heavy atom. The summed E-state index contributed by atoms with van der Waals surface area (Å²) in [5.41, 5.74) is 3.88. The SMILES string of the molecule is CCc1ccc(-c2[nH]n([C@H]3CC[C@H](C)C3)c(=O)c2C)cn1. The maximum atomic E-state index is 12.5. The summed E-state index contributed by atoms with van der Waals surface area (Å²) in [7, 11) is 0. The molecule has 0 spiro atoms. The molecule has 21 heavy (non-hydrogen) atoms. The normalized spacial score (nSPS) is 21.9. The number of aryl methyl sites for hydroxylation is 1. The van der Waals surface area contributed by atoms with Crippen LogP contribution in [-0.2, 0) is 6.42 Å². The number of aromatic nitrogens is 3. The summed E-state index contributed by atoms with van der Waals surface area (Å²) in [6, 6.07) is 4.40. The highest BCUT2D eigenvalue weighted by molar-refractivity contribution is 5.61. The minimum atomic E-state index is 0.115. The van der Waals surface area contributed by atoms with Gasteiger partial charge in [-0.3, -0.25) is 14.9 Å². The van der Waals surface area contributed by atoms with Crippen molar-refractivity contribution in [2.24, 2.45) is 5.92 Å². The number of hydrogen-bond acceptors (Lipinski definition) is 2. The Labute approximate surface area is 125 Å². The number of nitrogens with zero attached hydrogens (tertiary/aromatic N) is 2. The highest BCUT2D eigenvalue weighted by Gasteiger charge is 2.26. The van der Waals surface area contributed by atoms with E-state index in [4.69, 9.17) is 0 Å². The maximum absolute atomic E-state index is 12.5. The van der Waals surface area contributed by atoms with Crippen molar-refractivity contribution in [3.8, 4) is 11.3 Å². The van der Waals surface area contributed by atoms with Gasteiger partial charge in [0, 0.05) is 23.0 Å². The van der Waals surface area contributed by atoms with Crippen molar-refractivity contribution in [1.82, 2.24) is 14.8 Å². The molecule has 0 aromatic carbocycles. The molecule has 0 radical (unpaired) electrons. The molecule has 1 N–H and O–H groups in total. The van der Waals surface area contributed by atoms with Crippen LogP contribution in [0.5, 0.6) is 0 Å². The Morgan fingerprint density at radius 3 is 2.76 bits per heavy atom. The van der Waals surface area contributed by atoms with E-state index in [1.165, 1.54) is 6.42 Å². The van der Waals surface area contributed by atoms with Crippen molar-refractivity contribution >= 4 is 0 Å². The van der Waals surface area contributed by atoms with Crippen LogP contribution in [0.4, 0.5) is 0 Å². The molecule has 2 aromatic rings. The first-order valence-corrected chi connectivity index (χ1v) is 7.86. The van der Waals surface area contributed by atoms with Gasteiger partial charge in [-0.05, 0) is 50.7 Å². The van der Waals surface area contributed by atoms with E-state index in [9.17, 15) is 4.79 Å². The number of aromatic amines is 1. The number of rotatable bonds is 3. The van der Waals surface area contributed by atoms with Crippen LogP contribution in [0.25, 0.3) is 11.3 Å². The predicted octanol–water partition coefficient (Wildman–Crippen LogP) is 3.47. The Bertz CT molecular complexity index is 681. The van der Waals surface area contributed by atoms with E-state index in [1.54, 1.807) is 0 Å². The molecule has 0 aliphatic heterocycles. The zero-order chi connectivity index (χ0) is 15.0. The largest absolute Gasteiger partial charge is 0.294 e. The lowest BCUT2D eigenvalue weighted by atomic mass is 10.1. The van der Waals surface area contributed by atoms with Gasteiger partial charge in [-0.25, -0.2) is 4.68 Å². The number of hydrogen-bond donors (Lipinski definition) is 1. The summed E-state index contributed by atoms with van der Waals surface area (Å²) in [6.07, 6.45) is 6.17. The van der Waals surface area contributed by atoms with Gasteiger partial charge in [0.2, 0.25) is 0 Å². The van der Waals surface area contributed by atoms with E-state index in [0.29, 0.717) is 12.0 Å². The summed E-state index contributed by atoms with van der Waals surface area (Å²) in [4.78, 5) is 16.9. The average Bonchev–Trinajstić information content (AvgIpc) is 3.05. The van der Waals surface area contributed by atoms with Gasteiger partial charge < -0.3 is 0 Å². The van der Waals surface area contributed by atoms with Gasteiger partial charge in [0.1, 0.15) is 0 Å². The van der Waals surface area contributed by atoms with Crippen LogP contribution < -0.4 is 5.56 Å². The van der Waals surface area contributed by atoms with Crippen molar-refractivity contribution < 1.29 is 0 Å². The Kier molecular flexibility index (Phi) is 3.70.